The summed E-state index contributed by atoms with van der Waals surface area (Å²) in [6.07, 6.45) is 4.50. The summed E-state index contributed by atoms with van der Waals surface area (Å²) >= 11 is 0. The number of carboxylic acids is 1. The van der Waals surface area contributed by atoms with Crippen LogP contribution in [-0.2, 0) is 32.0 Å². The van der Waals surface area contributed by atoms with Gasteiger partial charge >= 0.3 is 5.97 Å². The third-order valence-electron chi connectivity index (χ3n) is 6.97. The topological polar surface area (TPSA) is 207 Å². The minimum atomic E-state index is -1.25. The molecule has 1 aromatic carbocycles. The Morgan fingerprint density at radius 3 is 2.62 bits per heavy atom. The predicted octanol–water partition coefficient (Wildman–Crippen LogP) is -0.570. The zero-order chi connectivity index (χ0) is 28.1. The average molecular weight is 540 g/mol. The number of carboxylic acid groups (broad SMARTS) is 1. The van der Waals surface area contributed by atoms with Crippen LogP contribution in [0.2, 0.25) is 0 Å². The van der Waals surface area contributed by atoms with Gasteiger partial charge in [0, 0.05) is 48.4 Å². The number of rotatable bonds is 11. The molecule has 4 rings (SSSR count). The smallest absolute Gasteiger partial charge is 0.326 e. The molecule has 13 nitrogen and oxygen atoms in total. The predicted molar refractivity (Wildman–Crippen MR) is 140 cm³/mol. The Morgan fingerprint density at radius 2 is 1.92 bits per heavy atom. The van der Waals surface area contributed by atoms with Crippen molar-refractivity contribution in [3.05, 3.63) is 54.2 Å². The summed E-state index contributed by atoms with van der Waals surface area (Å²) in [5.74, 6) is -3.01. The van der Waals surface area contributed by atoms with Gasteiger partial charge in [-0.25, -0.2) is 9.78 Å². The molecule has 3 amide bonds. The largest absolute Gasteiger partial charge is 0.480 e. The molecule has 39 heavy (non-hydrogen) atoms. The highest BCUT2D eigenvalue weighted by Gasteiger charge is 2.39. The fraction of sp³-hybridized carbons (Fsp3) is 0.423. The monoisotopic (exact) mass is 539 g/mol. The van der Waals surface area contributed by atoms with Gasteiger partial charge in [0.15, 0.2) is 0 Å². The van der Waals surface area contributed by atoms with Crippen molar-refractivity contribution in [3.63, 3.8) is 0 Å². The number of hydrogen-bond acceptors (Lipinski definition) is 7. The highest BCUT2D eigenvalue weighted by molar-refractivity contribution is 5.95. The van der Waals surface area contributed by atoms with Gasteiger partial charge in [-0.1, -0.05) is 18.2 Å². The number of nitrogens with one attached hydrogen (secondary N) is 4. The molecule has 0 bridgehead atoms. The lowest BCUT2D eigenvalue weighted by Crippen LogP contribution is -2.58. The molecule has 8 N–H and O–H groups in total. The molecule has 208 valence electrons. The molecule has 5 unspecified atom stereocenters. The van der Waals surface area contributed by atoms with Crippen molar-refractivity contribution >= 4 is 34.6 Å². The number of fused-ring (bicyclic) bond motifs is 1. The highest BCUT2D eigenvalue weighted by atomic mass is 16.4. The minimum Gasteiger partial charge on any atom is -0.480 e. The van der Waals surface area contributed by atoms with Crippen LogP contribution in [0.1, 0.15) is 31.0 Å². The van der Waals surface area contributed by atoms with Gasteiger partial charge in [-0.05, 0) is 31.4 Å². The Labute approximate surface area is 224 Å². The molecular weight excluding hydrogens is 506 g/mol. The van der Waals surface area contributed by atoms with Gasteiger partial charge in [0.1, 0.15) is 24.2 Å². The lowest BCUT2D eigenvalue weighted by atomic mass is 10.0. The second kappa shape index (κ2) is 12.1. The van der Waals surface area contributed by atoms with Crippen molar-refractivity contribution in [2.45, 2.75) is 62.9 Å². The van der Waals surface area contributed by atoms with Crippen LogP contribution in [0, 0.1) is 0 Å². The fourth-order valence-corrected chi connectivity index (χ4v) is 4.79. The molecular formula is C26H33N7O6. The third kappa shape index (κ3) is 6.44. The Kier molecular flexibility index (Phi) is 8.62. The number of hydrogen-bond donors (Lipinski definition) is 7. The second-order valence-electron chi connectivity index (χ2n) is 9.76. The van der Waals surface area contributed by atoms with Crippen LogP contribution in [0.4, 0.5) is 0 Å². The SMILES string of the molecule is CC(O)C(N)C(=O)NC(Cc1c[nH]c2ccccc12)C(=O)N1CCCC1C(=O)NC(Cc1cnc[nH]1)C(=O)O. The first-order valence-electron chi connectivity index (χ1n) is 12.8. The van der Waals surface area contributed by atoms with Crippen LogP contribution < -0.4 is 16.4 Å². The van der Waals surface area contributed by atoms with E-state index in [0.717, 1.165) is 16.5 Å². The highest BCUT2D eigenvalue weighted by Crippen LogP contribution is 2.23. The number of nitrogens with zero attached hydrogens (tertiary/aromatic N) is 2. The molecule has 5 atom stereocenters. The van der Waals surface area contributed by atoms with Crippen molar-refractivity contribution in [2.75, 3.05) is 6.54 Å². The number of carbonyl (C=O) groups excluding carboxylic acids is 3. The maximum atomic E-state index is 13.8. The number of aromatic nitrogens is 3. The maximum absolute atomic E-state index is 13.8. The first-order chi connectivity index (χ1) is 18.7. The number of aromatic amines is 2. The van der Waals surface area contributed by atoms with Crippen LogP contribution in [0.3, 0.4) is 0 Å². The standard InChI is InChI=1S/C26H33N7O6/c1-14(34)22(27)24(36)31-19(9-15-11-29-18-6-3-2-5-17(15)18)25(37)33-8-4-7-21(33)23(35)32-20(26(38)39)10-16-12-28-13-30-16/h2-3,5-6,11-14,19-22,29,34H,4,7-10,27H2,1H3,(H,28,30)(H,31,36)(H,32,35)(H,38,39). The Balaban J connectivity index is 1.54. The van der Waals surface area contributed by atoms with E-state index in [0.29, 0.717) is 18.5 Å². The van der Waals surface area contributed by atoms with Crippen molar-refractivity contribution < 1.29 is 29.4 Å². The van der Waals surface area contributed by atoms with Gasteiger partial charge in [0.05, 0.1) is 12.4 Å². The van der Waals surface area contributed by atoms with Crippen molar-refractivity contribution in [1.82, 2.24) is 30.5 Å². The first kappa shape index (κ1) is 27.8. The van der Waals surface area contributed by atoms with E-state index in [9.17, 15) is 29.4 Å². The lowest BCUT2D eigenvalue weighted by molar-refractivity contribution is -0.145. The third-order valence-corrected chi connectivity index (χ3v) is 6.97. The summed E-state index contributed by atoms with van der Waals surface area (Å²) < 4.78 is 0. The number of benzene rings is 1. The van der Waals surface area contributed by atoms with Crippen LogP contribution in [0.15, 0.2) is 43.0 Å². The number of carbonyl (C=O) groups is 4. The minimum absolute atomic E-state index is 0.00177. The van der Waals surface area contributed by atoms with Gasteiger partial charge in [-0.2, -0.15) is 0 Å². The molecule has 1 saturated heterocycles. The summed E-state index contributed by atoms with van der Waals surface area (Å²) in [5, 5.41) is 25.5. The normalized spacial score (nSPS) is 18.3. The molecule has 2 aromatic heterocycles. The molecule has 0 saturated carbocycles. The molecule has 1 aliphatic rings. The number of nitrogens with two attached hydrogens (primary N) is 1. The van der Waals surface area contributed by atoms with Gasteiger partial charge in [-0.15, -0.1) is 0 Å². The first-order valence-corrected chi connectivity index (χ1v) is 12.8. The Morgan fingerprint density at radius 1 is 1.15 bits per heavy atom. The summed E-state index contributed by atoms with van der Waals surface area (Å²) in [5.41, 5.74) is 8.00. The maximum Gasteiger partial charge on any atom is 0.326 e. The zero-order valence-corrected chi connectivity index (χ0v) is 21.5. The van der Waals surface area contributed by atoms with E-state index in [1.807, 2.05) is 24.3 Å². The molecule has 3 aromatic rings. The second-order valence-corrected chi connectivity index (χ2v) is 9.76. The summed E-state index contributed by atoms with van der Waals surface area (Å²) in [6, 6.07) is 3.06. The fourth-order valence-electron chi connectivity index (χ4n) is 4.79. The van der Waals surface area contributed by atoms with Gasteiger partial charge in [-0.3, -0.25) is 14.4 Å². The molecule has 0 aliphatic carbocycles. The van der Waals surface area contributed by atoms with Gasteiger partial charge in [0.25, 0.3) is 0 Å². The number of para-hydroxylation sites is 1. The van der Waals surface area contributed by atoms with Crippen LogP contribution in [0.5, 0.6) is 0 Å². The van der Waals surface area contributed by atoms with Crippen molar-refractivity contribution in [3.8, 4) is 0 Å². The quantitative estimate of drug-likeness (QED) is 0.167. The summed E-state index contributed by atoms with van der Waals surface area (Å²) in [7, 11) is 0. The molecule has 13 heteroatoms. The van der Waals surface area contributed by atoms with Crippen LogP contribution >= 0.6 is 0 Å². The molecule has 0 radical (unpaired) electrons. The van der Waals surface area contributed by atoms with Crippen molar-refractivity contribution in [1.29, 1.82) is 0 Å². The number of amides is 3. The number of aliphatic carboxylic acids is 1. The Bertz CT molecular complexity index is 1320. The molecule has 1 aliphatic heterocycles. The van der Waals surface area contributed by atoms with E-state index in [1.165, 1.54) is 24.3 Å². The number of likely N-dealkylation sites (tertiary alicyclic amines) is 1. The van der Waals surface area contributed by atoms with E-state index in [-0.39, 0.29) is 19.4 Å². The molecule has 0 spiro atoms. The van der Waals surface area contributed by atoms with E-state index in [1.54, 1.807) is 6.20 Å². The van der Waals surface area contributed by atoms with E-state index in [2.05, 4.69) is 25.6 Å². The van der Waals surface area contributed by atoms with Gasteiger partial charge in [0.2, 0.25) is 17.7 Å². The van der Waals surface area contributed by atoms with E-state index in [4.69, 9.17) is 5.73 Å². The summed E-state index contributed by atoms with van der Waals surface area (Å²) in [4.78, 5) is 62.8. The average Bonchev–Trinajstić information content (AvgIpc) is 3.68. The van der Waals surface area contributed by atoms with E-state index < -0.39 is 54.0 Å². The molecule has 1 fully saturated rings. The van der Waals surface area contributed by atoms with Gasteiger partial charge < -0.3 is 41.4 Å². The lowest BCUT2D eigenvalue weighted by Gasteiger charge is -2.30. The number of aliphatic hydroxyl groups excluding tert-OH is 1. The van der Waals surface area contributed by atoms with Crippen molar-refractivity contribution in [2.24, 2.45) is 5.73 Å². The van der Waals surface area contributed by atoms with Crippen LogP contribution in [-0.4, -0.2) is 90.6 Å². The zero-order valence-electron chi connectivity index (χ0n) is 21.5. The van der Waals surface area contributed by atoms with E-state index >= 15 is 0 Å². The number of H-pyrrole nitrogens is 2. The van der Waals surface area contributed by atoms with Crippen LogP contribution in [0.25, 0.3) is 10.9 Å². The number of imidazole rings is 1. The summed E-state index contributed by atoms with van der Waals surface area (Å²) in [6.45, 7) is 1.64. The molecule has 3 heterocycles. The number of aliphatic hydroxyl groups is 1. The Hall–Kier alpha value is -4.23.